The van der Waals surface area contributed by atoms with Crippen LogP contribution >= 0.6 is 27.7 Å². The van der Waals surface area contributed by atoms with Crippen LogP contribution in [-0.2, 0) is 4.74 Å². The van der Waals surface area contributed by atoms with Gasteiger partial charge in [0.15, 0.2) is 0 Å². The number of ether oxygens (including phenoxy) is 1. The number of halogens is 1. The summed E-state index contributed by atoms with van der Waals surface area (Å²) in [5.41, 5.74) is 0.414. The van der Waals surface area contributed by atoms with Crippen LogP contribution in [0.1, 0.15) is 27.2 Å². The number of hydrogen-bond acceptors (Lipinski definition) is 2. The van der Waals surface area contributed by atoms with Gasteiger partial charge in [-0.25, -0.2) is 0 Å². The zero-order chi connectivity index (χ0) is 11.0. The highest BCUT2D eigenvalue weighted by Gasteiger charge is 2.22. The highest BCUT2D eigenvalue weighted by Crippen LogP contribution is 2.30. The second kappa shape index (κ2) is 8.00. The Kier molecular flexibility index (Phi) is 8.45. The Labute approximate surface area is 101 Å². The Morgan fingerprint density at radius 2 is 2.00 bits per heavy atom. The number of methoxy groups -OCH3 is 1. The molecule has 3 heteroatoms. The minimum absolute atomic E-state index is 0.414. The first-order chi connectivity index (χ1) is 6.52. The molecule has 0 aromatic heterocycles. The summed E-state index contributed by atoms with van der Waals surface area (Å²) in [4.78, 5) is 0. The molecule has 0 saturated heterocycles. The van der Waals surface area contributed by atoms with E-state index < -0.39 is 0 Å². The van der Waals surface area contributed by atoms with Crippen molar-refractivity contribution in [1.82, 2.24) is 0 Å². The van der Waals surface area contributed by atoms with Gasteiger partial charge < -0.3 is 4.74 Å². The molecule has 14 heavy (non-hydrogen) atoms. The molecule has 0 rings (SSSR count). The molecule has 0 aliphatic carbocycles. The van der Waals surface area contributed by atoms with Crippen molar-refractivity contribution in [2.45, 2.75) is 27.2 Å². The van der Waals surface area contributed by atoms with Crippen LogP contribution in [0, 0.1) is 11.3 Å². The Balaban J connectivity index is 3.54. The van der Waals surface area contributed by atoms with Crippen molar-refractivity contribution in [2.24, 2.45) is 11.3 Å². The van der Waals surface area contributed by atoms with E-state index in [0.717, 1.165) is 17.9 Å². The van der Waals surface area contributed by atoms with Gasteiger partial charge in [-0.05, 0) is 29.3 Å². The highest BCUT2D eigenvalue weighted by atomic mass is 79.9. The molecule has 0 N–H and O–H groups in total. The quantitative estimate of drug-likeness (QED) is 0.519. The second-order valence-corrected chi connectivity index (χ2v) is 6.44. The van der Waals surface area contributed by atoms with Crippen molar-refractivity contribution in [2.75, 3.05) is 30.6 Å². The Morgan fingerprint density at radius 3 is 2.43 bits per heavy atom. The van der Waals surface area contributed by atoms with Gasteiger partial charge in [0.25, 0.3) is 0 Å². The Bertz CT molecular complexity index is 134. The molecule has 0 heterocycles. The van der Waals surface area contributed by atoms with Gasteiger partial charge >= 0.3 is 0 Å². The lowest BCUT2D eigenvalue weighted by molar-refractivity contribution is 0.200. The van der Waals surface area contributed by atoms with Gasteiger partial charge in [0.1, 0.15) is 0 Å². The maximum Gasteiger partial charge on any atom is 0.0470 e. The third-order valence-corrected chi connectivity index (χ3v) is 4.36. The van der Waals surface area contributed by atoms with Gasteiger partial charge in [-0.1, -0.05) is 36.7 Å². The zero-order valence-electron chi connectivity index (χ0n) is 9.81. The monoisotopic (exact) mass is 282 g/mol. The van der Waals surface area contributed by atoms with Crippen LogP contribution < -0.4 is 0 Å². The largest absolute Gasteiger partial charge is 0.385 e. The molecule has 0 fully saturated rings. The van der Waals surface area contributed by atoms with E-state index in [0.29, 0.717) is 5.41 Å². The maximum atomic E-state index is 5.02. The molecular formula is C11H23BrOS. The van der Waals surface area contributed by atoms with E-state index in [1.54, 1.807) is 7.11 Å². The molecule has 1 atom stereocenters. The molecule has 0 aliphatic rings. The Hall–Kier alpha value is 0.790. The van der Waals surface area contributed by atoms with Gasteiger partial charge in [0.2, 0.25) is 0 Å². The van der Waals surface area contributed by atoms with E-state index in [2.05, 4.69) is 36.7 Å². The average molecular weight is 283 g/mol. The first kappa shape index (κ1) is 14.8. The van der Waals surface area contributed by atoms with E-state index in [1.807, 2.05) is 11.8 Å². The molecule has 0 saturated carbocycles. The molecule has 1 nitrogen and oxygen atoms in total. The molecule has 0 amide bonds. The highest BCUT2D eigenvalue weighted by molar-refractivity contribution is 9.09. The SMILES string of the molecule is COCCCSCC(CBr)C(C)(C)C. The predicted octanol–water partition coefficient (Wildman–Crippen LogP) is 3.81. The molecule has 0 aromatic rings. The fourth-order valence-corrected chi connectivity index (χ4v) is 3.95. The molecule has 86 valence electrons. The summed E-state index contributed by atoms with van der Waals surface area (Å²) in [5, 5.41) is 1.10. The van der Waals surface area contributed by atoms with Crippen molar-refractivity contribution < 1.29 is 4.74 Å². The summed E-state index contributed by atoms with van der Waals surface area (Å²) < 4.78 is 5.02. The summed E-state index contributed by atoms with van der Waals surface area (Å²) in [6, 6.07) is 0. The first-order valence-electron chi connectivity index (χ1n) is 5.15. The lowest BCUT2D eigenvalue weighted by atomic mass is 9.83. The minimum atomic E-state index is 0.414. The van der Waals surface area contributed by atoms with Gasteiger partial charge in [-0.15, -0.1) is 0 Å². The van der Waals surface area contributed by atoms with Crippen LogP contribution in [0.15, 0.2) is 0 Å². The maximum absolute atomic E-state index is 5.02. The van der Waals surface area contributed by atoms with Crippen LogP contribution in [0.2, 0.25) is 0 Å². The smallest absolute Gasteiger partial charge is 0.0470 e. The van der Waals surface area contributed by atoms with Crippen LogP contribution in [0.3, 0.4) is 0 Å². The van der Waals surface area contributed by atoms with Crippen molar-refractivity contribution in [3.63, 3.8) is 0 Å². The lowest BCUT2D eigenvalue weighted by Crippen LogP contribution is -2.24. The predicted molar refractivity (Wildman–Crippen MR) is 70.6 cm³/mol. The summed E-state index contributed by atoms with van der Waals surface area (Å²) in [6.45, 7) is 7.83. The summed E-state index contributed by atoms with van der Waals surface area (Å²) in [7, 11) is 1.76. The van der Waals surface area contributed by atoms with E-state index in [-0.39, 0.29) is 0 Å². The third-order valence-electron chi connectivity index (χ3n) is 2.37. The van der Waals surface area contributed by atoms with Gasteiger partial charge in [0, 0.05) is 19.0 Å². The number of thioether (sulfide) groups is 1. The average Bonchev–Trinajstić information content (AvgIpc) is 2.09. The van der Waals surface area contributed by atoms with Crippen LogP contribution in [-0.4, -0.2) is 30.6 Å². The summed E-state index contributed by atoms with van der Waals surface area (Å²) in [6.07, 6.45) is 1.17. The minimum Gasteiger partial charge on any atom is -0.385 e. The van der Waals surface area contributed by atoms with Crippen molar-refractivity contribution in [1.29, 1.82) is 0 Å². The Morgan fingerprint density at radius 1 is 1.36 bits per heavy atom. The summed E-state index contributed by atoms with van der Waals surface area (Å²) >= 11 is 5.64. The molecule has 0 spiro atoms. The number of alkyl halides is 1. The van der Waals surface area contributed by atoms with E-state index >= 15 is 0 Å². The second-order valence-electron chi connectivity index (χ2n) is 4.64. The standard InChI is InChI=1S/C11H23BrOS/c1-11(2,3)10(8-12)9-14-7-5-6-13-4/h10H,5-9H2,1-4H3. The zero-order valence-corrected chi connectivity index (χ0v) is 12.2. The van der Waals surface area contributed by atoms with Gasteiger partial charge in [0.05, 0.1) is 0 Å². The third kappa shape index (κ3) is 7.13. The lowest BCUT2D eigenvalue weighted by Gasteiger charge is -2.28. The first-order valence-corrected chi connectivity index (χ1v) is 7.42. The van der Waals surface area contributed by atoms with Crippen LogP contribution in [0.5, 0.6) is 0 Å². The fraction of sp³-hybridized carbons (Fsp3) is 1.00. The number of hydrogen-bond donors (Lipinski definition) is 0. The van der Waals surface area contributed by atoms with Gasteiger partial charge in [-0.3, -0.25) is 0 Å². The van der Waals surface area contributed by atoms with Crippen LogP contribution in [0.4, 0.5) is 0 Å². The summed E-state index contributed by atoms with van der Waals surface area (Å²) in [5.74, 6) is 3.22. The molecule has 0 aromatic carbocycles. The topological polar surface area (TPSA) is 9.23 Å². The van der Waals surface area contributed by atoms with E-state index in [1.165, 1.54) is 17.9 Å². The molecular weight excluding hydrogens is 260 g/mol. The van der Waals surface area contributed by atoms with Gasteiger partial charge in [-0.2, -0.15) is 11.8 Å². The number of rotatable bonds is 7. The van der Waals surface area contributed by atoms with E-state index in [9.17, 15) is 0 Å². The van der Waals surface area contributed by atoms with Crippen molar-refractivity contribution in [3.05, 3.63) is 0 Å². The normalized spacial score (nSPS) is 14.4. The fourth-order valence-electron chi connectivity index (χ4n) is 1.06. The van der Waals surface area contributed by atoms with Crippen molar-refractivity contribution in [3.8, 4) is 0 Å². The molecule has 1 unspecified atom stereocenters. The van der Waals surface area contributed by atoms with Crippen molar-refractivity contribution >= 4 is 27.7 Å². The molecule has 0 aliphatic heterocycles. The van der Waals surface area contributed by atoms with Crippen LogP contribution in [0.25, 0.3) is 0 Å². The molecule has 0 bridgehead atoms. The molecule has 0 radical (unpaired) electrons. The van der Waals surface area contributed by atoms with E-state index in [4.69, 9.17) is 4.74 Å².